The number of rotatable bonds is 6. The lowest BCUT2D eigenvalue weighted by Crippen LogP contribution is -2.29. The fourth-order valence-electron chi connectivity index (χ4n) is 2.16. The summed E-state index contributed by atoms with van der Waals surface area (Å²) in [5, 5.41) is 3.56. The Morgan fingerprint density at radius 3 is 2.50 bits per heavy atom. The SMILES string of the molecule is CC(CCc1ccccc1)N[C@@H](C)c1ccco1. The average Bonchev–Trinajstić information content (AvgIpc) is 2.91. The van der Waals surface area contributed by atoms with Crippen LogP contribution >= 0.6 is 0 Å². The van der Waals surface area contributed by atoms with Gasteiger partial charge >= 0.3 is 0 Å². The maximum atomic E-state index is 5.40. The van der Waals surface area contributed by atoms with Crippen LogP contribution in [-0.4, -0.2) is 6.04 Å². The van der Waals surface area contributed by atoms with Crippen molar-refractivity contribution in [2.45, 2.75) is 38.8 Å². The van der Waals surface area contributed by atoms with Crippen LogP contribution in [0.2, 0.25) is 0 Å². The van der Waals surface area contributed by atoms with Crippen LogP contribution in [0, 0.1) is 0 Å². The van der Waals surface area contributed by atoms with Gasteiger partial charge in [0, 0.05) is 6.04 Å². The maximum absolute atomic E-state index is 5.40. The minimum Gasteiger partial charge on any atom is -0.468 e. The predicted octanol–water partition coefficient (Wildman–Crippen LogP) is 3.95. The average molecular weight is 243 g/mol. The van der Waals surface area contributed by atoms with Gasteiger partial charge in [0.15, 0.2) is 0 Å². The molecule has 2 rings (SSSR count). The van der Waals surface area contributed by atoms with E-state index in [9.17, 15) is 0 Å². The fourth-order valence-corrected chi connectivity index (χ4v) is 2.16. The van der Waals surface area contributed by atoms with E-state index in [-0.39, 0.29) is 6.04 Å². The van der Waals surface area contributed by atoms with E-state index in [0.29, 0.717) is 6.04 Å². The first kappa shape index (κ1) is 12.9. The van der Waals surface area contributed by atoms with E-state index in [1.54, 1.807) is 6.26 Å². The molecule has 0 fully saturated rings. The molecule has 2 nitrogen and oxygen atoms in total. The van der Waals surface area contributed by atoms with Gasteiger partial charge in [0.2, 0.25) is 0 Å². The van der Waals surface area contributed by atoms with Crippen molar-refractivity contribution in [3.63, 3.8) is 0 Å². The smallest absolute Gasteiger partial charge is 0.120 e. The molecular weight excluding hydrogens is 222 g/mol. The van der Waals surface area contributed by atoms with E-state index in [4.69, 9.17) is 4.42 Å². The quantitative estimate of drug-likeness (QED) is 0.831. The summed E-state index contributed by atoms with van der Waals surface area (Å²) in [5.41, 5.74) is 1.40. The van der Waals surface area contributed by atoms with E-state index < -0.39 is 0 Å². The molecule has 1 aromatic heterocycles. The van der Waals surface area contributed by atoms with Crippen LogP contribution in [0.1, 0.15) is 37.6 Å². The fraction of sp³-hybridized carbons (Fsp3) is 0.375. The summed E-state index contributed by atoms with van der Waals surface area (Å²) in [6, 6.07) is 15.3. The number of aryl methyl sites for hydroxylation is 1. The third kappa shape index (κ3) is 3.74. The predicted molar refractivity (Wildman–Crippen MR) is 74.5 cm³/mol. The van der Waals surface area contributed by atoms with Gasteiger partial charge in [0.25, 0.3) is 0 Å². The van der Waals surface area contributed by atoms with Gasteiger partial charge in [-0.25, -0.2) is 0 Å². The Hall–Kier alpha value is -1.54. The Morgan fingerprint density at radius 1 is 1.06 bits per heavy atom. The van der Waals surface area contributed by atoms with E-state index in [1.807, 2.05) is 12.1 Å². The van der Waals surface area contributed by atoms with Crippen LogP contribution in [0.15, 0.2) is 53.1 Å². The van der Waals surface area contributed by atoms with Gasteiger partial charge in [0.05, 0.1) is 12.3 Å². The molecule has 1 aromatic carbocycles. The van der Waals surface area contributed by atoms with Crippen molar-refractivity contribution in [3.8, 4) is 0 Å². The molecular formula is C16H21NO. The van der Waals surface area contributed by atoms with Crippen LogP contribution in [0.3, 0.4) is 0 Å². The molecule has 2 heteroatoms. The minimum atomic E-state index is 0.269. The highest BCUT2D eigenvalue weighted by Crippen LogP contribution is 2.14. The van der Waals surface area contributed by atoms with Gasteiger partial charge in [-0.05, 0) is 44.4 Å². The Bertz CT molecular complexity index is 435. The second-order valence-electron chi connectivity index (χ2n) is 4.83. The summed E-state index contributed by atoms with van der Waals surface area (Å²) >= 11 is 0. The van der Waals surface area contributed by atoms with Crippen LogP contribution < -0.4 is 5.32 Å². The molecule has 1 heterocycles. The Labute approximate surface area is 109 Å². The zero-order valence-corrected chi connectivity index (χ0v) is 11.1. The van der Waals surface area contributed by atoms with Crippen molar-refractivity contribution in [1.82, 2.24) is 5.32 Å². The second-order valence-corrected chi connectivity index (χ2v) is 4.83. The van der Waals surface area contributed by atoms with Gasteiger partial charge in [-0.2, -0.15) is 0 Å². The van der Waals surface area contributed by atoms with E-state index >= 15 is 0 Å². The standard InChI is InChI=1S/C16H21NO/c1-13(10-11-15-7-4-3-5-8-15)17-14(2)16-9-6-12-18-16/h3-9,12-14,17H,10-11H2,1-2H3/t13?,14-/m0/s1. The van der Waals surface area contributed by atoms with Crippen LogP contribution in [-0.2, 0) is 6.42 Å². The summed E-state index contributed by atoms with van der Waals surface area (Å²) in [6.45, 7) is 4.36. The number of benzene rings is 1. The van der Waals surface area contributed by atoms with Gasteiger partial charge < -0.3 is 9.73 Å². The number of furan rings is 1. The largest absolute Gasteiger partial charge is 0.468 e. The first-order chi connectivity index (χ1) is 8.75. The molecule has 0 aliphatic rings. The molecule has 18 heavy (non-hydrogen) atoms. The number of hydrogen-bond acceptors (Lipinski definition) is 2. The number of hydrogen-bond donors (Lipinski definition) is 1. The summed E-state index contributed by atoms with van der Waals surface area (Å²) in [7, 11) is 0. The molecule has 0 saturated heterocycles. The summed E-state index contributed by atoms with van der Waals surface area (Å²) in [6.07, 6.45) is 3.97. The molecule has 0 spiro atoms. The Kier molecular flexibility index (Phi) is 4.59. The highest BCUT2D eigenvalue weighted by atomic mass is 16.3. The minimum absolute atomic E-state index is 0.269. The molecule has 2 aromatic rings. The highest BCUT2D eigenvalue weighted by molar-refractivity contribution is 5.14. The van der Waals surface area contributed by atoms with Crippen LogP contribution in [0.5, 0.6) is 0 Å². The lowest BCUT2D eigenvalue weighted by Gasteiger charge is -2.18. The van der Waals surface area contributed by atoms with Gasteiger partial charge in [0.1, 0.15) is 5.76 Å². The second kappa shape index (κ2) is 6.41. The molecule has 2 atom stereocenters. The third-order valence-corrected chi connectivity index (χ3v) is 3.21. The van der Waals surface area contributed by atoms with Crippen LogP contribution in [0.25, 0.3) is 0 Å². The van der Waals surface area contributed by atoms with Crippen molar-refractivity contribution in [1.29, 1.82) is 0 Å². The zero-order valence-electron chi connectivity index (χ0n) is 11.1. The first-order valence-electron chi connectivity index (χ1n) is 6.59. The summed E-state index contributed by atoms with van der Waals surface area (Å²) in [5.74, 6) is 1.00. The Morgan fingerprint density at radius 2 is 1.83 bits per heavy atom. The molecule has 0 bridgehead atoms. The molecule has 96 valence electrons. The first-order valence-corrected chi connectivity index (χ1v) is 6.59. The lowest BCUT2D eigenvalue weighted by atomic mass is 10.1. The monoisotopic (exact) mass is 243 g/mol. The normalized spacial score (nSPS) is 14.3. The van der Waals surface area contributed by atoms with E-state index in [1.165, 1.54) is 5.56 Å². The number of nitrogens with one attached hydrogen (secondary N) is 1. The lowest BCUT2D eigenvalue weighted by molar-refractivity contribution is 0.388. The molecule has 0 amide bonds. The molecule has 0 aliphatic heterocycles. The molecule has 0 saturated carbocycles. The van der Waals surface area contributed by atoms with Crippen molar-refractivity contribution >= 4 is 0 Å². The van der Waals surface area contributed by atoms with Gasteiger partial charge in [-0.15, -0.1) is 0 Å². The molecule has 0 aliphatic carbocycles. The summed E-state index contributed by atoms with van der Waals surface area (Å²) < 4.78 is 5.40. The Balaban J connectivity index is 1.77. The molecule has 1 N–H and O–H groups in total. The van der Waals surface area contributed by atoms with Crippen molar-refractivity contribution in [2.75, 3.05) is 0 Å². The van der Waals surface area contributed by atoms with E-state index in [0.717, 1.165) is 18.6 Å². The van der Waals surface area contributed by atoms with Crippen molar-refractivity contribution < 1.29 is 4.42 Å². The van der Waals surface area contributed by atoms with Crippen molar-refractivity contribution in [3.05, 3.63) is 60.1 Å². The maximum Gasteiger partial charge on any atom is 0.120 e. The topological polar surface area (TPSA) is 25.2 Å². The van der Waals surface area contributed by atoms with Crippen molar-refractivity contribution in [2.24, 2.45) is 0 Å². The summed E-state index contributed by atoms with van der Waals surface area (Å²) in [4.78, 5) is 0. The molecule has 1 unspecified atom stereocenters. The molecule has 0 radical (unpaired) electrons. The van der Waals surface area contributed by atoms with E-state index in [2.05, 4.69) is 49.5 Å². The van der Waals surface area contributed by atoms with Gasteiger partial charge in [-0.3, -0.25) is 0 Å². The highest BCUT2D eigenvalue weighted by Gasteiger charge is 2.11. The zero-order chi connectivity index (χ0) is 12.8. The van der Waals surface area contributed by atoms with Crippen LogP contribution in [0.4, 0.5) is 0 Å². The third-order valence-electron chi connectivity index (χ3n) is 3.21. The van der Waals surface area contributed by atoms with Gasteiger partial charge in [-0.1, -0.05) is 30.3 Å².